The number of hydrogen-bond acceptors (Lipinski definition) is 4. The van der Waals surface area contributed by atoms with Crippen LogP contribution in [0.1, 0.15) is 19.8 Å². The molecule has 9 heteroatoms. The van der Waals surface area contributed by atoms with Gasteiger partial charge in [0.15, 0.2) is 5.65 Å². The van der Waals surface area contributed by atoms with Crippen LogP contribution in [-0.2, 0) is 11.3 Å². The molecule has 30 heavy (non-hydrogen) atoms. The van der Waals surface area contributed by atoms with Gasteiger partial charge >= 0.3 is 0 Å². The number of likely N-dealkylation sites (tertiary alicyclic amines) is 1. The molecular weight excluding hydrogens is 425 g/mol. The number of halogens is 2. The molecular formula is C21H27Cl2N5O2. The van der Waals surface area contributed by atoms with Crippen LogP contribution in [0.25, 0.3) is 22.6 Å². The number of nitrogens with zero attached hydrogens (tertiary/aromatic N) is 4. The third-order valence-electron chi connectivity index (χ3n) is 5.23. The van der Waals surface area contributed by atoms with E-state index in [9.17, 15) is 4.79 Å². The van der Waals surface area contributed by atoms with E-state index < -0.39 is 0 Å². The lowest BCUT2D eigenvalue weighted by atomic mass is 10.1. The Hall–Kier alpha value is -2.19. The smallest absolute Gasteiger partial charge is 0.240 e. The summed E-state index contributed by atoms with van der Waals surface area (Å²) in [5, 5.41) is 3.86. The highest BCUT2D eigenvalue weighted by Gasteiger charge is 2.22. The van der Waals surface area contributed by atoms with Crippen LogP contribution < -0.4 is 5.32 Å². The molecule has 4 rings (SSSR count). The topological polar surface area (TPSA) is 94.6 Å². The molecule has 7 nitrogen and oxygen atoms in total. The Morgan fingerprint density at radius 3 is 2.77 bits per heavy atom. The van der Waals surface area contributed by atoms with Crippen LogP contribution in [-0.4, -0.2) is 56.5 Å². The fraction of sp³-hybridized carbons (Fsp3) is 0.381. The van der Waals surface area contributed by atoms with Crippen molar-refractivity contribution in [3.05, 3.63) is 47.6 Å². The lowest BCUT2D eigenvalue weighted by Crippen LogP contribution is -2.48. The summed E-state index contributed by atoms with van der Waals surface area (Å²) >= 11 is 6.03. The van der Waals surface area contributed by atoms with Crippen molar-refractivity contribution in [2.45, 2.75) is 32.4 Å². The summed E-state index contributed by atoms with van der Waals surface area (Å²) in [5.74, 6) is 0.711. The number of carbonyl (C=O) groups excluding carboxylic acids is 1. The lowest BCUT2D eigenvalue weighted by Gasteiger charge is -2.32. The van der Waals surface area contributed by atoms with Crippen LogP contribution in [0.2, 0.25) is 5.02 Å². The first-order valence-electron chi connectivity index (χ1n) is 9.73. The van der Waals surface area contributed by atoms with Gasteiger partial charge in [-0.3, -0.25) is 9.36 Å². The van der Waals surface area contributed by atoms with Crippen LogP contribution in [0.3, 0.4) is 0 Å². The molecule has 1 unspecified atom stereocenters. The van der Waals surface area contributed by atoms with E-state index in [1.165, 1.54) is 0 Å². The summed E-state index contributed by atoms with van der Waals surface area (Å²) in [7, 11) is 0. The second kappa shape index (κ2) is 10.7. The van der Waals surface area contributed by atoms with Gasteiger partial charge < -0.3 is 15.7 Å². The van der Waals surface area contributed by atoms with E-state index in [4.69, 9.17) is 16.6 Å². The summed E-state index contributed by atoms with van der Waals surface area (Å²) < 4.78 is 1.88. The summed E-state index contributed by atoms with van der Waals surface area (Å²) in [6.45, 7) is 5.39. The minimum atomic E-state index is -0.0110. The molecule has 0 radical (unpaired) electrons. The minimum Gasteiger partial charge on any atom is -0.412 e. The van der Waals surface area contributed by atoms with Gasteiger partial charge in [0.1, 0.15) is 17.9 Å². The van der Waals surface area contributed by atoms with Crippen molar-refractivity contribution in [3.8, 4) is 11.4 Å². The minimum absolute atomic E-state index is 0. The number of pyridine rings is 1. The number of fused-ring (bicyclic) bond motifs is 1. The van der Waals surface area contributed by atoms with Crippen LogP contribution in [0.4, 0.5) is 0 Å². The van der Waals surface area contributed by atoms with Gasteiger partial charge in [0.2, 0.25) is 5.91 Å². The summed E-state index contributed by atoms with van der Waals surface area (Å²) in [6.07, 6.45) is 3.86. The Bertz CT molecular complexity index is 977. The number of benzene rings is 1. The molecule has 1 amide bonds. The molecule has 1 saturated heterocycles. The number of nitrogens with one attached hydrogen (secondary N) is 1. The highest BCUT2D eigenvalue weighted by atomic mass is 35.5. The number of aromatic nitrogens is 3. The first-order valence-corrected chi connectivity index (χ1v) is 10.1. The largest absolute Gasteiger partial charge is 0.412 e. The molecule has 162 valence electrons. The van der Waals surface area contributed by atoms with E-state index in [0.29, 0.717) is 10.7 Å². The SMILES string of the molecule is CCN1CCCC(NC(=O)Cn2c(-c3ccc(Cl)cc3)nc3cccnc32)C1.Cl.O. The zero-order valence-electron chi connectivity index (χ0n) is 16.8. The normalized spacial score (nSPS) is 16.5. The van der Waals surface area contributed by atoms with Gasteiger partial charge in [-0.15, -0.1) is 12.4 Å². The predicted octanol–water partition coefficient (Wildman–Crippen LogP) is 2.95. The van der Waals surface area contributed by atoms with E-state index in [2.05, 4.69) is 22.1 Å². The molecule has 1 fully saturated rings. The van der Waals surface area contributed by atoms with Gasteiger partial charge in [-0.05, 0) is 62.3 Å². The Morgan fingerprint density at radius 1 is 1.27 bits per heavy atom. The van der Waals surface area contributed by atoms with E-state index in [-0.39, 0.29) is 36.4 Å². The predicted molar refractivity (Wildman–Crippen MR) is 122 cm³/mol. The van der Waals surface area contributed by atoms with Crippen LogP contribution >= 0.6 is 24.0 Å². The quantitative estimate of drug-likeness (QED) is 0.644. The van der Waals surface area contributed by atoms with Gasteiger partial charge in [0, 0.05) is 29.4 Å². The van der Waals surface area contributed by atoms with Crippen LogP contribution in [0.15, 0.2) is 42.6 Å². The number of rotatable bonds is 5. The first kappa shape index (κ1) is 24.1. The average Bonchev–Trinajstić information content (AvgIpc) is 3.07. The second-order valence-corrected chi connectivity index (χ2v) is 7.61. The Morgan fingerprint density at radius 2 is 2.03 bits per heavy atom. The summed E-state index contributed by atoms with van der Waals surface area (Å²) in [4.78, 5) is 24.4. The third kappa shape index (κ3) is 5.29. The van der Waals surface area contributed by atoms with Gasteiger partial charge in [-0.1, -0.05) is 18.5 Å². The molecule has 0 bridgehead atoms. The lowest BCUT2D eigenvalue weighted by molar-refractivity contribution is -0.122. The molecule has 1 aromatic carbocycles. The van der Waals surface area contributed by atoms with Crippen molar-refractivity contribution in [2.24, 2.45) is 0 Å². The number of imidazole rings is 1. The fourth-order valence-electron chi connectivity index (χ4n) is 3.81. The number of hydrogen-bond donors (Lipinski definition) is 1. The van der Waals surface area contributed by atoms with Gasteiger partial charge in [0.25, 0.3) is 0 Å². The molecule has 3 heterocycles. The zero-order chi connectivity index (χ0) is 19.5. The van der Waals surface area contributed by atoms with Gasteiger partial charge in [-0.2, -0.15) is 0 Å². The maximum Gasteiger partial charge on any atom is 0.240 e. The second-order valence-electron chi connectivity index (χ2n) is 7.17. The summed E-state index contributed by atoms with van der Waals surface area (Å²) in [6, 6.07) is 11.5. The standard InChI is InChI=1S/C21H24ClN5O.ClH.H2O/c1-2-26-12-4-5-17(13-26)24-19(28)14-27-20(15-7-9-16(22)10-8-15)25-18-6-3-11-23-21(18)27;;/h3,6-11,17H,2,4-5,12-14H2,1H3,(H,24,28);1H;1H2. The molecule has 1 atom stereocenters. The fourth-order valence-corrected chi connectivity index (χ4v) is 3.93. The van der Waals surface area contributed by atoms with Crippen molar-refractivity contribution < 1.29 is 10.3 Å². The van der Waals surface area contributed by atoms with Crippen molar-refractivity contribution in [3.63, 3.8) is 0 Å². The Kier molecular flexibility index (Phi) is 8.61. The first-order chi connectivity index (χ1) is 13.6. The third-order valence-corrected chi connectivity index (χ3v) is 5.48. The molecule has 2 aromatic heterocycles. The van der Waals surface area contributed by atoms with Crippen LogP contribution in [0, 0.1) is 0 Å². The Labute approximate surface area is 187 Å². The monoisotopic (exact) mass is 451 g/mol. The number of piperidine rings is 1. The highest BCUT2D eigenvalue weighted by Crippen LogP contribution is 2.25. The van der Waals surface area contributed by atoms with Crippen molar-refractivity contribution in [1.82, 2.24) is 24.8 Å². The number of carbonyl (C=O) groups is 1. The molecule has 1 aliphatic heterocycles. The van der Waals surface area contributed by atoms with E-state index in [1.54, 1.807) is 6.20 Å². The van der Waals surface area contributed by atoms with Crippen LogP contribution in [0.5, 0.6) is 0 Å². The number of likely N-dealkylation sites (N-methyl/N-ethyl adjacent to an activating group) is 1. The molecule has 0 saturated carbocycles. The Balaban J connectivity index is 0.00000160. The maximum atomic E-state index is 12.8. The molecule has 1 aliphatic rings. The van der Waals surface area contributed by atoms with Gasteiger partial charge in [0.05, 0.1) is 0 Å². The highest BCUT2D eigenvalue weighted by molar-refractivity contribution is 6.30. The molecule has 0 aliphatic carbocycles. The number of amides is 1. The van der Waals surface area contributed by atoms with Crippen molar-refractivity contribution in [2.75, 3.05) is 19.6 Å². The summed E-state index contributed by atoms with van der Waals surface area (Å²) in [5.41, 5.74) is 2.39. The van der Waals surface area contributed by atoms with E-state index >= 15 is 0 Å². The molecule has 0 spiro atoms. The maximum absolute atomic E-state index is 12.8. The van der Waals surface area contributed by atoms with E-state index in [0.717, 1.165) is 49.4 Å². The average molecular weight is 452 g/mol. The van der Waals surface area contributed by atoms with Crippen molar-refractivity contribution >= 4 is 41.1 Å². The molecule has 3 aromatic rings. The molecule has 3 N–H and O–H groups in total. The van der Waals surface area contributed by atoms with E-state index in [1.807, 2.05) is 41.0 Å². The van der Waals surface area contributed by atoms with Crippen molar-refractivity contribution in [1.29, 1.82) is 0 Å². The zero-order valence-corrected chi connectivity index (χ0v) is 18.4. The van der Waals surface area contributed by atoms with Gasteiger partial charge in [-0.25, -0.2) is 9.97 Å².